The van der Waals surface area contributed by atoms with E-state index in [0.717, 1.165) is 19.6 Å². The molecular formula is C16H31NO. The van der Waals surface area contributed by atoms with Gasteiger partial charge in [0.1, 0.15) is 0 Å². The normalized spacial score (nSPS) is 21.2. The van der Waals surface area contributed by atoms with Gasteiger partial charge in [-0.1, -0.05) is 25.5 Å². The van der Waals surface area contributed by atoms with Gasteiger partial charge in [-0.05, 0) is 58.9 Å². The maximum absolute atomic E-state index is 6.09. The molecule has 0 aromatic carbocycles. The Morgan fingerprint density at radius 1 is 1.33 bits per heavy atom. The van der Waals surface area contributed by atoms with Crippen molar-refractivity contribution in [3.05, 3.63) is 11.6 Å². The van der Waals surface area contributed by atoms with E-state index in [1.165, 1.54) is 32.1 Å². The summed E-state index contributed by atoms with van der Waals surface area (Å²) in [5.41, 5.74) is 1.51. The predicted molar refractivity (Wildman–Crippen MR) is 79.0 cm³/mol. The van der Waals surface area contributed by atoms with Gasteiger partial charge in [0.25, 0.3) is 0 Å². The summed E-state index contributed by atoms with van der Waals surface area (Å²) in [7, 11) is 0. The van der Waals surface area contributed by atoms with Crippen molar-refractivity contribution < 1.29 is 4.74 Å². The molecule has 1 N–H and O–H groups in total. The third kappa shape index (κ3) is 4.10. The molecule has 0 aromatic heterocycles. The molecule has 0 bridgehead atoms. The van der Waals surface area contributed by atoms with Crippen LogP contribution in [-0.4, -0.2) is 24.8 Å². The molecule has 1 rings (SSSR count). The zero-order valence-corrected chi connectivity index (χ0v) is 12.7. The molecule has 0 spiro atoms. The van der Waals surface area contributed by atoms with Gasteiger partial charge < -0.3 is 10.1 Å². The zero-order valence-electron chi connectivity index (χ0n) is 12.7. The molecule has 0 saturated carbocycles. The molecule has 0 amide bonds. The minimum Gasteiger partial charge on any atom is -0.374 e. The van der Waals surface area contributed by atoms with Crippen LogP contribution in [0.3, 0.4) is 0 Å². The van der Waals surface area contributed by atoms with Gasteiger partial charge in [-0.15, -0.1) is 0 Å². The molecule has 106 valence electrons. The molecule has 0 fully saturated rings. The van der Waals surface area contributed by atoms with E-state index in [-0.39, 0.29) is 5.60 Å². The fraction of sp³-hybridized carbons (Fsp3) is 0.875. The first-order chi connectivity index (χ1) is 8.68. The number of hydrogen-bond donors (Lipinski definition) is 1. The highest BCUT2D eigenvalue weighted by Gasteiger charge is 2.35. The lowest BCUT2D eigenvalue weighted by Gasteiger charge is -2.40. The fourth-order valence-electron chi connectivity index (χ4n) is 2.87. The molecule has 0 aromatic rings. The van der Waals surface area contributed by atoms with Crippen LogP contribution in [0.5, 0.6) is 0 Å². The Labute approximate surface area is 113 Å². The van der Waals surface area contributed by atoms with Crippen molar-refractivity contribution in [2.45, 2.75) is 77.9 Å². The van der Waals surface area contributed by atoms with Gasteiger partial charge in [0.05, 0.1) is 11.6 Å². The second-order valence-electron chi connectivity index (χ2n) is 5.51. The number of allylic oxidation sites excluding steroid dienone is 1. The van der Waals surface area contributed by atoms with Crippen molar-refractivity contribution in [2.75, 3.05) is 13.2 Å². The average Bonchev–Trinajstić information content (AvgIpc) is 2.40. The Bertz CT molecular complexity index is 262. The molecule has 18 heavy (non-hydrogen) atoms. The number of hydrogen-bond acceptors (Lipinski definition) is 2. The van der Waals surface area contributed by atoms with Gasteiger partial charge in [0.15, 0.2) is 0 Å². The van der Waals surface area contributed by atoms with Crippen molar-refractivity contribution in [3.8, 4) is 0 Å². The summed E-state index contributed by atoms with van der Waals surface area (Å²) in [4.78, 5) is 0. The lowest BCUT2D eigenvalue weighted by atomic mass is 9.82. The first kappa shape index (κ1) is 15.7. The largest absolute Gasteiger partial charge is 0.374 e. The summed E-state index contributed by atoms with van der Waals surface area (Å²) in [6.07, 6.45) is 9.85. The summed E-state index contributed by atoms with van der Waals surface area (Å²) in [6, 6.07) is 0.391. The quantitative estimate of drug-likeness (QED) is 0.659. The predicted octanol–water partition coefficient (Wildman–Crippen LogP) is 4.06. The topological polar surface area (TPSA) is 21.3 Å². The number of ether oxygens (including phenoxy) is 1. The third-order valence-electron chi connectivity index (χ3n) is 4.08. The first-order valence-corrected chi connectivity index (χ1v) is 7.74. The smallest absolute Gasteiger partial charge is 0.0842 e. The Morgan fingerprint density at radius 2 is 2.11 bits per heavy atom. The van der Waals surface area contributed by atoms with Crippen LogP contribution in [0.2, 0.25) is 0 Å². The molecule has 0 aliphatic heterocycles. The minimum atomic E-state index is -0.0624. The molecule has 2 atom stereocenters. The van der Waals surface area contributed by atoms with E-state index in [0.29, 0.717) is 6.04 Å². The molecule has 1 aliphatic rings. The van der Waals surface area contributed by atoms with Gasteiger partial charge in [0.2, 0.25) is 0 Å². The standard InChI is InChI=1S/C16H31NO/c1-5-13-17-15(14-11-9-8-10-12-14)16(4,6-2)18-7-3/h11,15,17H,5-10,12-13H2,1-4H3. The molecule has 0 heterocycles. The minimum absolute atomic E-state index is 0.0624. The Hall–Kier alpha value is -0.340. The van der Waals surface area contributed by atoms with Gasteiger partial charge in [-0.25, -0.2) is 0 Å². The van der Waals surface area contributed by atoms with Crippen LogP contribution in [0.4, 0.5) is 0 Å². The summed E-state index contributed by atoms with van der Waals surface area (Å²) in [5, 5.41) is 3.72. The molecule has 2 heteroatoms. The lowest BCUT2D eigenvalue weighted by molar-refractivity contribution is -0.0473. The van der Waals surface area contributed by atoms with Crippen molar-refractivity contribution >= 4 is 0 Å². The zero-order chi connectivity index (χ0) is 13.4. The van der Waals surface area contributed by atoms with Gasteiger partial charge >= 0.3 is 0 Å². The summed E-state index contributed by atoms with van der Waals surface area (Å²) in [6.45, 7) is 10.7. The van der Waals surface area contributed by atoms with Crippen molar-refractivity contribution in [1.29, 1.82) is 0 Å². The van der Waals surface area contributed by atoms with Crippen molar-refractivity contribution in [1.82, 2.24) is 5.32 Å². The van der Waals surface area contributed by atoms with E-state index in [9.17, 15) is 0 Å². The van der Waals surface area contributed by atoms with E-state index in [1.54, 1.807) is 5.57 Å². The maximum Gasteiger partial charge on any atom is 0.0842 e. The molecule has 2 nitrogen and oxygen atoms in total. The number of rotatable bonds is 8. The second-order valence-corrected chi connectivity index (χ2v) is 5.51. The van der Waals surface area contributed by atoms with Gasteiger partial charge in [-0.3, -0.25) is 0 Å². The Kier molecular flexibility index (Phi) is 6.95. The van der Waals surface area contributed by atoms with E-state index in [2.05, 4.69) is 39.1 Å². The highest BCUT2D eigenvalue weighted by Crippen LogP contribution is 2.30. The number of nitrogens with one attached hydrogen (secondary N) is 1. The van der Waals surface area contributed by atoms with E-state index < -0.39 is 0 Å². The van der Waals surface area contributed by atoms with Crippen molar-refractivity contribution in [3.63, 3.8) is 0 Å². The Morgan fingerprint density at radius 3 is 2.61 bits per heavy atom. The van der Waals surface area contributed by atoms with Crippen LogP contribution in [0.15, 0.2) is 11.6 Å². The van der Waals surface area contributed by atoms with Gasteiger partial charge in [0, 0.05) is 6.61 Å². The van der Waals surface area contributed by atoms with Crippen LogP contribution in [0, 0.1) is 0 Å². The van der Waals surface area contributed by atoms with E-state index in [1.807, 2.05) is 0 Å². The van der Waals surface area contributed by atoms with E-state index in [4.69, 9.17) is 4.74 Å². The first-order valence-electron chi connectivity index (χ1n) is 7.74. The van der Waals surface area contributed by atoms with Gasteiger partial charge in [-0.2, -0.15) is 0 Å². The molecule has 0 saturated heterocycles. The lowest BCUT2D eigenvalue weighted by Crippen LogP contribution is -2.52. The summed E-state index contributed by atoms with van der Waals surface area (Å²) < 4.78 is 6.09. The SMILES string of the molecule is CCCNC(C1=CCCCC1)C(C)(CC)OCC. The molecule has 1 aliphatic carbocycles. The van der Waals surface area contributed by atoms with Crippen molar-refractivity contribution in [2.24, 2.45) is 0 Å². The average molecular weight is 253 g/mol. The molecule has 2 unspecified atom stereocenters. The van der Waals surface area contributed by atoms with Crippen LogP contribution in [0.1, 0.15) is 66.2 Å². The second kappa shape index (κ2) is 7.96. The van der Waals surface area contributed by atoms with Crippen LogP contribution in [-0.2, 0) is 4.74 Å². The third-order valence-corrected chi connectivity index (χ3v) is 4.08. The van der Waals surface area contributed by atoms with Crippen LogP contribution < -0.4 is 5.32 Å². The fourth-order valence-corrected chi connectivity index (χ4v) is 2.87. The molecular weight excluding hydrogens is 222 g/mol. The highest BCUT2D eigenvalue weighted by atomic mass is 16.5. The molecule has 0 radical (unpaired) electrons. The summed E-state index contributed by atoms with van der Waals surface area (Å²) in [5.74, 6) is 0. The van der Waals surface area contributed by atoms with E-state index >= 15 is 0 Å². The maximum atomic E-state index is 6.09. The van der Waals surface area contributed by atoms with Crippen LogP contribution >= 0.6 is 0 Å². The Balaban J connectivity index is 2.83. The summed E-state index contributed by atoms with van der Waals surface area (Å²) >= 11 is 0. The monoisotopic (exact) mass is 253 g/mol. The highest BCUT2D eigenvalue weighted by molar-refractivity contribution is 5.18. The van der Waals surface area contributed by atoms with Crippen LogP contribution in [0.25, 0.3) is 0 Å².